The van der Waals surface area contributed by atoms with Gasteiger partial charge in [-0.15, -0.1) is 11.3 Å². The molecule has 7 heteroatoms. The maximum absolute atomic E-state index is 12.6. The average Bonchev–Trinajstić information content (AvgIpc) is 3.39. The van der Waals surface area contributed by atoms with E-state index in [2.05, 4.69) is 41.8 Å². The molecule has 0 saturated carbocycles. The lowest BCUT2D eigenvalue weighted by Crippen LogP contribution is -2.18. The van der Waals surface area contributed by atoms with Crippen LogP contribution >= 0.6 is 11.3 Å². The third-order valence-electron chi connectivity index (χ3n) is 4.70. The number of carbonyl (C=O) groups excluding carboxylic acids is 2. The summed E-state index contributed by atoms with van der Waals surface area (Å²) in [5.74, 6) is -0.273. The zero-order valence-corrected chi connectivity index (χ0v) is 18.1. The van der Waals surface area contributed by atoms with Gasteiger partial charge in [-0.2, -0.15) is 0 Å². The van der Waals surface area contributed by atoms with Gasteiger partial charge in [-0.1, -0.05) is 29.8 Å². The van der Waals surface area contributed by atoms with Crippen molar-refractivity contribution in [3.05, 3.63) is 77.8 Å². The monoisotopic (exact) mass is 430 g/mol. The first-order valence-electron chi connectivity index (χ1n) is 9.83. The molecule has 0 aliphatic rings. The van der Waals surface area contributed by atoms with E-state index >= 15 is 0 Å². The van der Waals surface area contributed by atoms with Crippen LogP contribution in [0.3, 0.4) is 0 Å². The Morgan fingerprint density at radius 3 is 2.32 bits per heavy atom. The topological polar surface area (TPSA) is 76.0 Å². The highest BCUT2D eigenvalue weighted by Crippen LogP contribution is 2.29. The first-order valence-corrected chi connectivity index (χ1v) is 10.7. The van der Waals surface area contributed by atoms with E-state index < -0.39 is 0 Å². The fourth-order valence-electron chi connectivity index (χ4n) is 3.19. The van der Waals surface area contributed by atoms with Crippen LogP contribution in [0.5, 0.6) is 0 Å². The molecule has 0 unspecified atom stereocenters. The molecule has 4 rings (SSSR count). The molecule has 2 heterocycles. The van der Waals surface area contributed by atoms with Crippen LogP contribution in [0.2, 0.25) is 0 Å². The minimum Gasteiger partial charge on any atom is -0.336 e. The molecule has 2 aromatic heterocycles. The number of aryl methyl sites for hydroxylation is 1. The highest BCUT2D eigenvalue weighted by molar-refractivity contribution is 7.13. The van der Waals surface area contributed by atoms with Crippen molar-refractivity contribution in [2.24, 2.45) is 0 Å². The highest BCUT2D eigenvalue weighted by atomic mass is 32.1. The minimum absolute atomic E-state index is 0.135. The van der Waals surface area contributed by atoms with Crippen molar-refractivity contribution in [1.82, 2.24) is 9.55 Å². The first kappa shape index (κ1) is 20.6. The van der Waals surface area contributed by atoms with E-state index in [0.717, 1.165) is 22.0 Å². The van der Waals surface area contributed by atoms with E-state index in [-0.39, 0.29) is 18.4 Å². The third-order valence-corrected chi connectivity index (χ3v) is 5.57. The van der Waals surface area contributed by atoms with Crippen molar-refractivity contribution in [3.8, 4) is 22.0 Å². The van der Waals surface area contributed by atoms with E-state index in [1.165, 1.54) is 12.5 Å². The maximum Gasteiger partial charge on any atom is 0.244 e. The van der Waals surface area contributed by atoms with Crippen molar-refractivity contribution in [3.63, 3.8) is 0 Å². The van der Waals surface area contributed by atoms with Crippen molar-refractivity contribution in [2.75, 3.05) is 10.6 Å². The number of nitrogens with zero attached hydrogens (tertiary/aromatic N) is 2. The first-order chi connectivity index (χ1) is 15.0. The Morgan fingerprint density at radius 2 is 1.65 bits per heavy atom. The Morgan fingerprint density at radius 1 is 0.968 bits per heavy atom. The third kappa shape index (κ3) is 5.07. The molecule has 31 heavy (non-hydrogen) atoms. The van der Waals surface area contributed by atoms with Gasteiger partial charge in [0.15, 0.2) is 0 Å². The van der Waals surface area contributed by atoms with E-state index in [0.29, 0.717) is 11.4 Å². The van der Waals surface area contributed by atoms with Crippen LogP contribution in [0.15, 0.2) is 72.2 Å². The van der Waals surface area contributed by atoms with E-state index in [1.807, 2.05) is 28.3 Å². The van der Waals surface area contributed by atoms with E-state index in [1.54, 1.807) is 35.6 Å². The van der Waals surface area contributed by atoms with Crippen LogP contribution in [0.1, 0.15) is 12.5 Å². The summed E-state index contributed by atoms with van der Waals surface area (Å²) in [6.45, 7) is 3.69. The number of rotatable bonds is 6. The normalized spacial score (nSPS) is 10.6. The van der Waals surface area contributed by atoms with Crippen LogP contribution in [-0.4, -0.2) is 21.4 Å². The average molecular weight is 431 g/mol. The molecule has 0 fully saturated rings. The number of hydrogen-bond acceptors (Lipinski definition) is 4. The van der Waals surface area contributed by atoms with Crippen LogP contribution in [0.4, 0.5) is 11.4 Å². The molecule has 0 radical (unpaired) electrons. The summed E-state index contributed by atoms with van der Waals surface area (Å²) in [7, 11) is 0. The van der Waals surface area contributed by atoms with E-state index in [4.69, 9.17) is 4.98 Å². The van der Waals surface area contributed by atoms with Gasteiger partial charge < -0.3 is 15.2 Å². The number of nitrogens with one attached hydrogen (secondary N) is 2. The molecule has 2 amide bonds. The van der Waals surface area contributed by atoms with Crippen LogP contribution < -0.4 is 10.6 Å². The smallest absolute Gasteiger partial charge is 0.244 e. The summed E-state index contributed by atoms with van der Waals surface area (Å²) >= 11 is 1.56. The Bertz CT molecular complexity index is 1210. The molecule has 0 atom stereocenters. The lowest BCUT2D eigenvalue weighted by atomic mass is 10.1. The predicted octanol–water partition coefficient (Wildman–Crippen LogP) is 5.18. The van der Waals surface area contributed by atoms with Crippen LogP contribution in [0, 0.1) is 6.92 Å². The number of benzene rings is 2. The Hall–Kier alpha value is -3.71. The summed E-state index contributed by atoms with van der Waals surface area (Å²) in [6, 6.07) is 19.2. The lowest BCUT2D eigenvalue weighted by Gasteiger charge is -2.09. The summed E-state index contributed by atoms with van der Waals surface area (Å²) in [5.41, 5.74) is 5.47. The van der Waals surface area contributed by atoms with Gasteiger partial charge in [0.2, 0.25) is 11.8 Å². The Labute approximate surface area is 184 Å². The molecular weight excluding hydrogens is 408 g/mol. The van der Waals surface area contributed by atoms with Gasteiger partial charge in [-0.25, -0.2) is 4.98 Å². The largest absolute Gasteiger partial charge is 0.336 e. The molecule has 0 aliphatic heterocycles. The second-order valence-corrected chi connectivity index (χ2v) is 8.09. The standard InChI is InChI=1S/C24H22N4O2S/c1-16-5-7-18(8-6-16)21-15-31-24(27-21)22-4-3-13-28(22)14-23(30)26-20-11-9-19(10-12-20)25-17(2)29/h3-13,15H,14H2,1-2H3,(H,25,29)(H,26,30). The Balaban J connectivity index is 1.44. The number of aromatic nitrogens is 2. The molecule has 0 bridgehead atoms. The second kappa shape index (κ2) is 8.97. The van der Waals surface area contributed by atoms with Gasteiger partial charge in [-0.05, 0) is 43.3 Å². The quantitative estimate of drug-likeness (QED) is 0.442. The summed E-state index contributed by atoms with van der Waals surface area (Å²) in [5, 5.41) is 8.49. The molecule has 6 nitrogen and oxygen atoms in total. The number of anilines is 2. The van der Waals surface area contributed by atoms with Gasteiger partial charge in [0.05, 0.1) is 11.4 Å². The van der Waals surface area contributed by atoms with Crippen molar-refractivity contribution >= 4 is 34.5 Å². The maximum atomic E-state index is 12.6. The summed E-state index contributed by atoms with van der Waals surface area (Å²) in [6.07, 6.45) is 1.88. The summed E-state index contributed by atoms with van der Waals surface area (Å²) < 4.78 is 1.89. The van der Waals surface area contributed by atoms with Gasteiger partial charge in [0, 0.05) is 35.4 Å². The number of carbonyl (C=O) groups is 2. The molecule has 0 aliphatic carbocycles. The molecule has 2 aromatic carbocycles. The molecule has 2 N–H and O–H groups in total. The fourth-order valence-corrected chi connectivity index (χ4v) is 4.06. The Kier molecular flexibility index (Phi) is 5.95. The van der Waals surface area contributed by atoms with Crippen molar-refractivity contribution in [1.29, 1.82) is 0 Å². The van der Waals surface area contributed by atoms with Gasteiger partial charge in [0.25, 0.3) is 0 Å². The molecule has 0 spiro atoms. The summed E-state index contributed by atoms with van der Waals surface area (Å²) in [4.78, 5) is 28.4. The molecule has 0 saturated heterocycles. The fraction of sp³-hybridized carbons (Fsp3) is 0.125. The second-order valence-electron chi connectivity index (χ2n) is 7.23. The van der Waals surface area contributed by atoms with Gasteiger partial charge in [-0.3, -0.25) is 9.59 Å². The lowest BCUT2D eigenvalue weighted by molar-refractivity contribution is -0.117. The molecule has 4 aromatic rings. The van der Waals surface area contributed by atoms with Gasteiger partial charge >= 0.3 is 0 Å². The van der Waals surface area contributed by atoms with Gasteiger partial charge in [0.1, 0.15) is 11.6 Å². The van der Waals surface area contributed by atoms with Crippen LogP contribution in [-0.2, 0) is 16.1 Å². The molecule has 156 valence electrons. The highest BCUT2D eigenvalue weighted by Gasteiger charge is 2.13. The SMILES string of the molecule is CC(=O)Nc1ccc(NC(=O)Cn2cccc2-c2nc(-c3ccc(C)cc3)cs2)cc1. The zero-order chi connectivity index (χ0) is 21.8. The number of hydrogen-bond donors (Lipinski definition) is 2. The van der Waals surface area contributed by atoms with Crippen molar-refractivity contribution < 1.29 is 9.59 Å². The molecular formula is C24H22N4O2S. The predicted molar refractivity (Wildman–Crippen MR) is 125 cm³/mol. The number of amides is 2. The minimum atomic E-state index is -0.139. The van der Waals surface area contributed by atoms with Crippen LogP contribution in [0.25, 0.3) is 22.0 Å². The van der Waals surface area contributed by atoms with Crippen molar-refractivity contribution in [2.45, 2.75) is 20.4 Å². The number of thiazole rings is 1. The van der Waals surface area contributed by atoms with E-state index in [9.17, 15) is 9.59 Å². The zero-order valence-electron chi connectivity index (χ0n) is 17.3.